The number of oxazole rings is 1. The van der Waals surface area contributed by atoms with Crippen molar-refractivity contribution in [2.24, 2.45) is 5.16 Å². The number of ether oxygens (including phenoxy) is 1. The first-order valence-electron chi connectivity index (χ1n) is 9.54. The van der Waals surface area contributed by atoms with Crippen LogP contribution < -0.4 is 15.0 Å². The van der Waals surface area contributed by atoms with Crippen LogP contribution in [0.5, 0.6) is 5.75 Å². The minimum atomic E-state index is -4.92. The molecule has 2 unspecified atom stereocenters. The third-order valence-corrected chi connectivity index (χ3v) is 6.11. The summed E-state index contributed by atoms with van der Waals surface area (Å²) in [6, 6.07) is 2.42. The lowest BCUT2D eigenvalue weighted by Gasteiger charge is -2.47. The van der Waals surface area contributed by atoms with Gasteiger partial charge >= 0.3 is 6.36 Å². The highest BCUT2D eigenvalue weighted by atomic mass is 32.1. The molecule has 3 aromatic rings. The molecule has 2 atom stereocenters. The van der Waals surface area contributed by atoms with E-state index in [1.54, 1.807) is 11.6 Å². The quantitative estimate of drug-likeness (QED) is 0.465. The number of fused-ring (bicyclic) bond motifs is 3. The van der Waals surface area contributed by atoms with Gasteiger partial charge in [0.2, 0.25) is 0 Å². The average Bonchev–Trinajstić information content (AvgIpc) is 3.37. The summed E-state index contributed by atoms with van der Waals surface area (Å²) in [5.41, 5.74) is 0.965. The van der Waals surface area contributed by atoms with Crippen molar-refractivity contribution in [3.05, 3.63) is 23.2 Å². The van der Waals surface area contributed by atoms with E-state index in [4.69, 9.17) is 9.25 Å². The lowest BCUT2D eigenvalue weighted by Crippen LogP contribution is -2.67. The molecule has 0 aliphatic carbocycles. The standard InChI is InChI=1S/C19H18F3N5O3S/c1-9(26-28-2)12-6-13(17-23-3-4-31-17)15-14(16(12)30-19(20,21)22)25-18(29-15)27-7-10-5-11(8-27)24-10/h3-4,6,10-11,24H,5,7-8H2,1-2H3/b26-9-. The van der Waals surface area contributed by atoms with Gasteiger partial charge in [-0.25, -0.2) is 4.98 Å². The van der Waals surface area contributed by atoms with E-state index in [0.717, 1.165) is 6.42 Å². The third-order valence-electron chi connectivity index (χ3n) is 5.30. The van der Waals surface area contributed by atoms with Gasteiger partial charge in [-0.2, -0.15) is 4.98 Å². The Kier molecular flexibility index (Phi) is 4.77. The number of rotatable bonds is 5. The largest absolute Gasteiger partial charge is 0.573 e. The first-order valence-corrected chi connectivity index (χ1v) is 10.4. The second-order valence-electron chi connectivity index (χ2n) is 7.42. The molecule has 3 aliphatic heterocycles. The van der Waals surface area contributed by atoms with Crippen molar-refractivity contribution in [3.8, 4) is 16.3 Å². The normalized spacial score (nSPS) is 21.3. The van der Waals surface area contributed by atoms with E-state index in [1.807, 2.05) is 4.90 Å². The molecule has 3 fully saturated rings. The number of anilines is 1. The van der Waals surface area contributed by atoms with Crippen LogP contribution in [-0.2, 0) is 4.84 Å². The van der Waals surface area contributed by atoms with Crippen molar-refractivity contribution in [1.29, 1.82) is 0 Å². The van der Waals surface area contributed by atoms with Gasteiger partial charge in [0.25, 0.3) is 6.01 Å². The van der Waals surface area contributed by atoms with Crippen molar-refractivity contribution < 1.29 is 27.2 Å². The number of hydrogen-bond donors (Lipinski definition) is 1. The lowest BCUT2D eigenvalue weighted by atomic mass is 9.92. The summed E-state index contributed by atoms with van der Waals surface area (Å²) in [7, 11) is 1.32. The van der Waals surface area contributed by atoms with Gasteiger partial charge in [-0.1, -0.05) is 5.16 Å². The summed E-state index contributed by atoms with van der Waals surface area (Å²) in [6.07, 6.45) is -2.24. The molecule has 164 valence electrons. The van der Waals surface area contributed by atoms with Gasteiger partial charge in [0.1, 0.15) is 12.1 Å². The molecule has 3 saturated heterocycles. The van der Waals surface area contributed by atoms with Crippen molar-refractivity contribution in [3.63, 3.8) is 0 Å². The first-order chi connectivity index (χ1) is 14.8. The second-order valence-corrected chi connectivity index (χ2v) is 8.32. The minimum absolute atomic E-state index is 0.0344. The summed E-state index contributed by atoms with van der Waals surface area (Å²) in [6.45, 7) is 2.87. The maximum Gasteiger partial charge on any atom is 0.573 e. The Morgan fingerprint density at radius 1 is 1.35 bits per heavy atom. The van der Waals surface area contributed by atoms with Crippen molar-refractivity contribution in [1.82, 2.24) is 15.3 Å². The van der Waals surface area contributed by atoms with E-state index in [1.165, 1.54) is 31.4 Å². The summed E-state index contributed by atoms with van der Waals surface area (Å²) in [5.74, 6) is -0.476. The van der Waals surface area contributed by atoms with Gasteiger partial charge in [-0.3, -0.25) is 0 Å². The smallest absolute Gasteiger partial charge is 0.422 e. The summed E-state index contributed by atoms with van der Waals surface area (Å²) >= 11 is 1.34. The van der Waals surface area contributed by atoms with Crippen LogP contribution in [0.25, 0.3) is 21.7 Å². The Balaban J connectivity index is 1.73. The SMILES string of the molecule is CO/N=C(/C)c1cc(-c2nccs2)c2oc(N3CC4CC(C3)N4)nc2c1OC(F)(F)F. The van der Waals surface area contributed by atoms with Crippen LogP contribution in [0.2, 0.25) is 0 Å². The van der Waals surface area contributed by atoms with Gasteiger partial charge in [0.15, 0.2) is 16.8 Å². The van der Waals surface area contributed by atoms with E-state index >= 15 is 0 Å². The zero-order valence-corrected chi connectivity index (χ0v) is 17.4. The number of nitrogens with zero attached hydrogens (tertiary/aromatic N) is 4. The molecule has 31 heavy (non-hydrogen) atoms. The molecule has 3 aliphatic rings. The summed E-state index contributed by atoms with van der Waals surface area (Å²) in [5, 5.41) is 9.57. The molecule has 0 amide bonds. The molecule has 2 aromatic heterocycles. The van der Waals surface area contributed by atoms with Gasteiger partial charge in [-0.15, -0.1) is 24.5 Å². The number of nitrogens with one attached hydrogen (secondary N) is 1. The third kappa shape index (κ3) is 3.69. The second kappa shape index (κ2) is 7.38. The highest BCUT2D eigenvalue weighted by Crippen LogP contribution is 2.43. The van der Waals surface area contributed by atoms with Crippen LogP contribution in [0.4, 0.5) is 19.2 Å². The molecule has 8 nitrogen and oxygen atoms in total. The van der Waals surface area contributed by atoms with Crippen LogP contribution in [0.1, 0.15) is 18.9 Å². The molecule has 0 spiro atoms. The molecule has 5 heterocycles. The average molecular weight is 453 g/mol. The van der Waals surface area contributed by atoms with E-state index in [2.05, 4.69) is 25.2 Å². The fraction of sp³-hybridized carbons (Fsp3) is 0.421. The Bertz CT molecular complexity index is 1130. The van der Waals surface area contributed by atoms with E-state index in [-0.39, 0.29) is 28.4 Å². The van der Waals surface area contributed by atoms with E-state index < -0.39 is 12.1 Å². The fourth-order valence-corrected chi connectivity index (χ4v) is 4.69. The minimum Gasteiger partial charge on any atom is -0.422 e. The fourth-order valence-electron chi connectivity index (χ4n) is 4.04. The Labute approximate surface area is 178 Å². The predicted octanol–water partition coefficient (Wildman–Crippen LogP) is 3.77. The number of oxime groups is 1. The van der Waals surface area contributed by atoms with Crippen molar-refractivity contribution in [2.45, 2.75) is 31.8 Å². The van der Waals surface area contributed by atoms with E-state index in [9.17, 15) is 13.2 Å². The summed E-state index contributed by atoms with van der Waals surface area (Å²) in [4.78, 5) is 15.5. The number of alkyl halides is 3. The van der Waals surface area contributed by atoms with Crippen molar-refractivity contribution >= 4 is 34.2 Å². The Morgan fingerprint density at radius 2 is 2.10 bits per heavy atom. The highest BCUT2D eigenvalue weighted by molar-refractivity contribution is 7.13. The lowest BCUT2D eigenvalue weighted by molar-refractivity contribution is -0.274. The van der Waals surface area contributed by atoms with E-state index in [0.29, 0.717) is 35.7 Å². The molecule has 1 N–H and O–H groups in total. The topological polar surface area (TPSA) is 85.0 Å². The molecule has 0 radical (unpaired) electrons. The Morgan fingerprint density at radius 3 is 2.71 bits per heavy atom. The predicted molar refractivity (Wildman–Crippen MR) is 109 cm³/mol. The van der Waals surface area contributed by atoms with Crippen LogP contribution in [0.15, 0.2) is 27.2 Å². The molecule has 0 saturated carbocycles. The molecule has 12 heteroatoms. The van der Waals surface area contributed by atoms with Crippen LogP contribution in [-0.4, -0.2) is 54.3 Å². The number of piperazine rings is 1. The Hall–Kier alpha value is -2.86. The number of thiazole rings is 1. The molecular formula is C19H18F3N5O3S. The first kappa shape index (κ1) is 20.1. The van der Waals surface area contributed by atoms with Gasteiger partial charge < -0.3 is 24.2 Å². The number of aromatic nitrogens is 2. The van der Waals surface area contributed by atoms with Crippen LogP contribution >= 0.6 is 11.3 Å². The maximum atomic E-state index is 13.3. The molecular weight excluding hydrogens is 435 g/mol. The molecule has 1 aromatic carbocycles. The number of hydrogen-bond acceptors (Lipinski definition) is 9. The number of benzene rings is 1. The monoisotopic (exact) mass is 453 g/mol. The number of piperidine rings is 1. The van der Waals surface area contributed by atoms with Gasteiger partial charge in [0.05, 0.1) is 11.3 Å². The van der Waals surface area contributed by atoms with Crippen molar-refractivity contribution in [2.75, 3.05) is 25.1 Å². The number of halogens is 3. The zero-order chi connectivity index (χ0) is 21.8. The highest BCUT2D eigenvalue weighted by Gasteiger charge is 2.39. The zero-order valence-electron chi connectivity index (χ0n) is 16.6. The maximum absolute atomic E-state index is 13.3. The molecule has 2 bridgehead atoms. The summed E-state index contributed by atoms with van der Waals surface area (Å²) < 4.78 is 50.4. The molecule has 6 rings (SSSR count). The van der Waals surface area contributed by atoms with Gasteiger partial charge in [-0.05, 0) is 19.4 Å². The van der Waals surface area contributed by atoms with Gasteiger partial charge in [0, 0.05) is 42.3 Å². The van der Waals surface area contributed by atoms with Crippen LogP contribution in [0, 0.1) is 0 Å². The van der Waals surface area contributed by atoms with Crippen LogP contribution in [0.3, 0.4) is 0 Å².